The third kappa shape index (κ3) is 6.54. The minimum Gasteiger partial charge on any atom is -0.151 e. The first-order valence-electron chi connectivity index (χ1n) is 15.4. The van der Waals surface area contributed by atoms with E-state index in [1.54, 1.807) is 0 Å². The average Bonchev–Trinajstić information content (AvgIpc) is 2.86. The van der Waals surface area contributed by atoms with Crippen molar-refractivity contribution in [2.75, 3.05) is 0 Å². The van der Waals surface area contributed by atoms with Gasteiger partial charge in [0.2, 0.25) is 0 Å². The molecule has 35 heavy (non-hydrogen) atoms. The van der Waals surface area contributed by atoms with Crippen LogP contribution in [0.3, 0.4) is 0 Å². The lowest BCUT2D eigenvalue weighted by Crippen LogP contribution is -2.50. The molecule has 1 rings (SSSR count). The molecule has 1 fully saturated rings. The van der Waals surface area contributed by atoms with Crippen LogP contribution < -0.4 is 0 Å². The van der Waals surface area contributed by atoms with E-state index in [1.165, 1.54) is 6.42 Å². The molecule has 0 amide bonds. The molecule has 0 N–H and O–H groups in total. The Balaban J connectivity index is 3.67. The van der Waals surface area contributed by atoms with Crippen molar-refractivity contribution in [3.8, 4) is 0 Å². The van der Waals surface area contributed by atoms with E-state index < -0.39 is 0 Å². The highest BCUT2D eigenvalue weighted by Crippen LogP contribution is 2.57. The molecule has 1 aliphatic carbocycles. The van der Waals surface area contributed by atoms with Gasteiger partial charge in [-0.3, -0.25) is 0 Å². The summed E-state index contributed by atoms with van der Waals surface area (Å²) >= 11 is 0. The SMILES string of the molecule is CCC1C(C)C(C)[C@@H](C)[C@H](C)[C@H](C)C(C)C(C)C(C)C(C)C(C)C1(C)C(C)C(C)C[C@H](CC)N=O. The number of hydrogen-bond acceptors (Lipinski definition) is 2. The Morgan fingerprint density at radius 3 is 1.37 bits per heavy atom. The molecule has 0 heterocycles. The minimum absolute atomic E-state index is 0.0476. The van der Waals surface area contributed by atoms with E-state index in [2.05, 4.69) is 109 Å². The van der Waals surface area contributed by atoms with Crippen molar-refractivity contribution in [1.29, 1.82) is 0 Å². The minimum atomic E-state index is -0.0476. The summed E-state index contributed by atoms with van der Waals surface area (Å²) in [5, 5.41) is 3.49. The first-order valence-corrected chi connectivity index (χ1v) is 15.4. The highest BCUT2D eigenvalue weighted by Gasteiger charge is 2.51. The molecule has 2 nitrogen and oxygen atoms in total. The molecule has 208 valence electrons. The van der Waals surface area contributed by atoms with Crippen LogP contribution in [0.25, 0.3) is 0 Å². The topological polar surface area (TPSA) is 29.4 Å². The molecule has 0 radical (unpaired) electrons. The summed E-state index contributed by atoms with van der Waals surface area (Å²) in [7, 11) is 0. The highest BCUT2D eigenvalue weighted by molar-refractivity contribution is 4.99. The maximum Gasteiger partial charge on any atom is 0.0919 e. The van der Waals surface area contributed by atoms with E-state index in [0.717, 1.165) is 30.6 Å². The largest absolute Gasteiger partial charge is 0.151 e. The second-order valence-electron chi connectivity index (χ2n) is 14.1. The molecule has 0 aromatic rings. The van der Waals surface area contributed by atoms with Gasteiger partial charge in [0.25, 0.3) is 0 Å². The Labute approximate surface area is 221 Å². The molecule has 1 aliphatic rings. The Morgan fingerprint density at radius 2 is 1.03 bits per heavy atom. The summed E-state index contributed by atoms with van der Waals surface area (Å²) in [6.07, 6.45) is 3.01. The van der Waals surface area contributed by atoms with Crippen molar-refractivity contribution in [3.63, 3.8) is 0 Å². The molecule has 0 aromatic carbocycles. The standard InChI is InChI=1S/C33H65NO/c1-16-31(34-35)18-19(3)29(13)33(15)30(14)27(11)25(9)23(7)21(5)20(4)22(6)24(8)26(10)28(12)32(33)17-2/h19-32H,16-18H2,1-15H3/t19?,20-,21?,22-,23?,24+,25?,26?,27?,28?,29?,30?,31+,32?,33?/m1/s1. The van der Waals surface area contributed by atoms with E-state index in [-0.39, 0.29) is 11.5 Å². The number of nitroso groups, excluding NO2 is 1. The van der Waals surface area contributed by atoms with Crippen LogP contribution in [-0.2, 0) is 0 Å². The highest BCUT2D eigenvalue weighted by atomic mass is 16.3. The van der Waals surface area contributed by atoms with Crippen LogP contribution in [-0.4, -0.2) is 6.04 Å². The summed E-state index contributed by atoms with van der Waals surface area (Å²) < 4.78 is 0. The third-order valence-corrected chi connectivity index (χ3v) is 13.4. The van der Waals surface area contributed by atoms with Gasteiger partial charge in [-0.2, -0.15) is 4.91 Å². The lowest BCUT2D eigenvalue weighted by Gasteiger charge is -2.56. The maximum absolute atomic E-state index is 11.5. The van der Waals surface area contributed by atoms with Gasteiger partial charge in [0.15, 0.2) is 0 Å². The molecule has 0 bridgehead atoms. The molecule has 0 aliphatic heterocycles. The van der Waals surface area contributed by atoms with Crippen LogP contribution in [0.4, 0.5) is 0 Å². The van der Waals surface area contributed by atoms with Crippen molar-refractivity contribution in [2.24, 2.45) is 87.5 Å². The van der Waals surface area contributed by atoms with Crippen LogP contribution >= 0.6 is 0 Å². The monoisotopic (exact) mass is 492 g/mol. The van der Waals surface area contributed by atoms with E-state index in [9.17, 15) is 4.91 Å². The first kappa shape index (κ1) is 32.6. The fraction of sp³-hybridized carbons (Fsp3) is 1.00. The van der Waals surface area contributed by atoms with E-state index >= 15 is 0 Å². The summed E-state index contributed by atoms with van der Waals surface area (Å²) in [4.78, 5) is 11.5. The summed E-state index contributed by atoms with van der Waals surface area (Å²) in [5.74, 6) is 8.68. The van der Waals surface area contributed by atoms with Gasteiger partial charge < -0.3 is 0 Å². The van der Waals surface area contributed by atoms with Crippen molar-refractivity contribution in [2.45, 2.75) is 129 Å². The van der Waals surface area contributed by atoms with E-state index in [0.29, 0.717) is 59.2 Å². The maximum atomic E-state index is 11.5. The zero-order valence-corrected chi connectivity index (χ0v) is 26.6. The lowest BCUT2D eigenvalue weighted by molar-refractivity contribution is -0.0775. The third-order valence-electron chi connectivity index (χ3n) is 13.4. The van der Waals surface area contributed by atoms with Gasteiger partial charge in [-0.15, -0.1) is 0 Å². The Morgan fingerprint density at radius 1 is 0.657 bits per heavy atom. The van der Waals surface area contributed by atoms with Gasteiger partial charge in [0.05, 0.1) is 6.04 Å². The van der Waals surface area contributed by atoms with Crippen LogP contribution in [0.15, 0.2) is 5.18 Å². The Hall–Kier alpha value is -0.400. The second kappa shape index (κ2) is 13.4. The predicted molar refractivity (Wildman–Crippen MR) is 156 cm³/mol. The number of rotatable bonds is 7. The number of nitrogens with zero attached hydrogens (tertiary/aromatic N) is 1. The van der Waals surface area contributed by atoms with Gasteiger partial charge in [-0.25, -0.2) is 0 Å². The van der Waals surface area contributed by atoms with Gasteiger partial charge >= 0.3 is 0 Å². The van der Waals surface area contributed by atoms with Crippen molar-refractivity contribution in [3.05, 3.63) is 4.91 Å². The van der Waals surface area contributed by atoms with Gasteiger partial charge in [0, 0.05) is 0 Å². The van der Waals surface area contributed by atoms with Crippen LogP contribution in [0, 0.1) is 87.3 Å². The van der Waals surface area contributed by atoms with Crippen molar-refractivity contribution < 1.29 is 0 Å². The number of hydrogen-bond donors (Lipinski definition) is 0. The molecule has 0 saturated heterocycles. The van der Waals surface area contributed by atoms with Gasteiger partial charge in [-0.1, -0.05) is 115 Å². The normalized spacial score (nSPS) is 46.7. The van der Waals surface area contributed by atoms with E-state index in [1.807, 2.05) is 0 Å². The van der Waals surface area contributed by atoms with Crippen molar-refractivity contribution >= 4 is 0 Å². The quantitative estimate of drug-likeness (QED) is 0.325. The average molecular weight is 492 g/mol. The fourth-order valence-corrected chi connectivity index (χ4v) is 8.74. The smallest absolute Gasteiger partial charge is 0.0919 e. The molecule has 1 saturated carbocycles. The summed E-state index contributed by atoms with van der Waals surface area (Å²) in [6.45, 7) is 37.6. The van der Waals surface area contributed by atoms with Crippen molar-refractivity contribution in [1.82, 2.24) is 0 Å². The van der Waals surface area contributed by atoms with E-state index in [4.69, 9.17) is 0 Å². The molecule has 0 spiro atoms. The molecule has 15 atom stereocenters. The summed E-state index contributed by atoms with van der Waals surface area (Å²) in [5.41, 5.74) is 0.216. The summed E-state index contributed by atoms with van der Waals surface area (Å²) in [6, 6.07) is -0.0476. The fourth-order valence-electron chi connectivity index (χ4n) is 8.74. The molecular formula is C33H65NO. The Kier molecular flexibility index (Phi) is 12.5. The molecular weight excluding hydrogens is 426 g/mol. The van der Waals surface area contributed by atoms with Gasteiger partial charge in [0.1, 0.15) is 0 Å². The lowest BCUT2D eigenvalue weighted by atomic mass is 9.49. The van der Waals surface area contributed by atoms with Crippen LogP contribution in [0.5, 0.6) is 0 Å². The zero-order valence-electron chi connectivity index (χ0n) is 26.6. The predicted octanol–water partition coefficient (Wildman–Crippen LogP) is 10.6. The van der Waals surface area contributed by atoms with Gasteiger partial charge in [-0.05, 0) is 95.2 Å². The van der Waals surface area contributed by atoms with Crippen LogP contribution in [0.2, 0.25) is 0 Å². The molecule has 11 unspecified atom stereocenters. The Bertz CT molecular complexity index is 633. The second-order valence-corrected chi connectivity index (χ2v) is 14.1. The molecule has 2 heteroatoms. The molecule has 0 aromatic heterocycles. The first-order chi connectivity index (χ1) is 16.1. The van der Waals surface area contributed by atoms with Crippen LogP contribution in [0.1, 0.15) is 123 Å². The zero-order chi connectivity index (χ0) is 27.4.